The van der Waals surface area contributed by atoms with Crippen LogP contribution in [-0.4, -0.2) is 30.6 Å². The van der Waals surface area contributed by atoms with Gasteiger partial charge in [0.2, 0.25) is 0 Å². The normalized spacial score (nSPS) is 12.9. The SMILES string of the molecule is COc1ccc(CC(N)C(=O)O)cc1OC(F)(F)F. The van der Waals surface area contributed by atoms with E-state index in [-0.39, 0.29) is 12.2 Å². The number of benzene rings is 1. The first-order valence-corrected chi connectivity index (χ1v) is 5.14. The first-order valence-electron chi connectivity index (χ1n) is 5.14. The van der Waals surface area contributed by atoms with Gasteiger partial charge in [-0.15, -0.1) is 13.2 Å². The summed E-state index contributed by atoms with van der Waals surface area (Å²) >= 11 is 0. The number of halogens is 3. The van der Waals surface area contributed by atoms with Gasteiger partial charge in [-0.2, -0.15) is 0 Å². The lowest BCUT2D eigenvalue weighted by Gasteiger charge is -2.14. The fourth-order valence-corrected chi connectivity index (χ4v) is 1.39. The van der Waals surface area contributed by atoms with Crippen LogP contribution < -0.4 is 15.2 Å². The molecule has 0 saturated heterocycles. The topological polar surface area (TPSA) is 81.8 Å². The van der Waals surface area contributed by atoms with Crippen LogP contribution in [0.3, 0.4) is 0 Å². The molecule has 5 nitrogen and oxygen atoms in total. The summed E-state index contributed by atoms with van der Waals surface area (Å²) in [6, 6.07) is 2.53. The van der Waals surface area contributed by atoms with Crippen LogP contribution in [0.5, 0.6) is 11.5 Å². The molecular formula is C11H12F3NO4. The van der Waals surface area contributed by atoms with Crippen LogP contribution in [0, 0.1) is 0 Å². The zero-order valence-electron chi connectivity index (χ0n) is 9.90. The number of carbonyl (C=O) groups is 1. The summed E-state index contributed by atoms with van der Waals surface area (Å²) in [6.07, 6.45) is -4.98. The van der Waals surface area contributed by atoms with Crippen LogP contribution >= 0.6 is 0 Å². The number of aliphatic carboxylic acids is 1. The van der Waals surface area contributed by atoms with Crippen LogP contribution in [0.15, 0.2) is 18.2 Å². The number of methoxy groups -OCH3 is 1. The molecule has 106 valence electrons. The van der Waals surface area contributed by atoms with Crippen molar-refractivity contribution < 1.29 is 32.5 Å². The third-order valence-electron chi connectivity index (χ3n) is 2.23. The molecule has 0 aromatic heterocycles. The smallest absolute Gasteiger partial charge is 0.493 e. The van der Waals surface area contributed by atoms with Crippen molar-refractivity contribution in [1.82, 2.24) is 0 Å². The minimum absolute atomic E-state index is 0.107. The molecule has 1 atom stereocenters. The Balaban J connectivity index is 2.98. The Morgan fingerprint density at radius 1 is 1.42 bits per heavy atom. The van der Waals surface area contributed by atoms with Gasteiger partial charge in [-0.3, -0.25) is 4.79 Å². The highest BCUT2D eigenvalue weighted by atomic mass is 19.4. The first kappa shape index (κ1) is 15.1. The maximum absolute atomic E-state index is 12.2. The molecule has 19 heavy (non-hydrogen) atoms. The van der Waals surface area contributed by atoms with Gasteiger partial charge in [0.1, 0.15) is 6.04 Å². The Hall–Kier alpha value is -1.96. The van der Waals surface area contributed by atoms with E-state index in [4.69, 9.17) is 15.6 Å². The fraction of sp³-hybridized carbons (Fsp3) is 0.364. The van der Waals surface area contributed by atoms with Crippen molar-refractivity contribution in [3.63, 3.8) is 0 Å². The Labute approximate surface area is 106 Å². The molecule has 0 bridgehead atoms. The summed E-state index contributed by atoms with van der Waals surface area (Å²) in [6.45, 7) is 0. The van der Waals surface area contributed by atoms with E-state index >= 15 is 0 Å². The quantitative estimate of drug-likeness (QED) is 0.854. The largest absolute Gasteiger partial charge is 0.573 e. The van der Waals surface area contributed by atoms with E-state index in [1.165, 1.54) is 19.2 Å². The van der Waals surface area contributed by atoms with E-state index in [1.54, 1.807) is 0 Å². The Bertz CT molecular complexity index is 462. The van der Waals surface area contributed by atoms with Gasteiger partial charge in [0, 0.05) is 0 Å². The second-order valence-corrected chi connectivity index (χ2v) is 3.68. The summed E-state index contributed by atoms with van der Waals surface area (Å²) < 4.78 is 45.1. The second-order valence-electron chi connectivity index (χ2n) is 3.68. The number of ether oxygens (including phenoxy) is 2. The number of carboxylic acids is 1. The monoisotopic (exact) mass is 279 g/mol. The van der Waals surface area contributed by atoms with E-state index in [9.17, 15) is 18.0 Å². The number of alkyl halides is 3. The van der Waals surface area contributed by atoms with Gasteiger partial charge in [0.25, 0.3) is 0 Å². The standard InChI is InChI=1S/C11H12F3NO4/c1-18-8-3-2-6(4-7(15)10(16)17)5-9(8)19-11(12,13)14/h2-3,5,7H,4,15H2,1H3,(H,16,17). The molecule has 0 amide bonds. The van der Waals surface area contributed by atoms with Crippen molar-refractivity contribution in [2.45, 2.75) is 18.8 Å². The number of rotatable bonds is 5. The molecule has 0 aliphatic rings. The van der Waals surface area contributed by atoms with Crippen molar-refractivity contribution >= 4 is 5.97 Å². The molecule has 0 aliphatic heterocycles. The number of nitrogens with two attached hydrogens (primary N) is 1. The summed E-state index contributed by atoms with van der Waals surface area (Å²) in [5.74, 6) is -1.89. The molecule has 0 saturated carbocycles. The van der Waals surface area contributed by atoms with Crippen molar-refractivity contribution in [3.05, 3.63) is 23.8 Å². The minimum atomic E-state index is -4.86. The Morgan fingerprint density at radius 3 is 2.53 bits per heavy atom. The van der Waals surface area contributed by atoms with E-state index in [1.807, 2.05) is 0 Å². The molecule has 8 heteroatoms. The van der Waals surface area contributed by atoms with Gasteiger partial charge in [0.15, 0.2) is 11.5 Å². The lowest BCUT2D eigenvalue weighted by atomic mass is 10.1. The Morgan fingerprint density at radius 2 is 2.05 bits per heavy atom. The number of carboxylic acid groups (broad SMARTS) is 1. The zero-order valence-corrected chi connectivity index (χ0v) is 9.90. The molecule has 1 aromatic rings. The summed E-state index contributed by atoms with van der Waals surface area (Å²) in [7, 11) is 1.20. The summed E-state index contributed by atoms with van der Waals surface area (Å²) in [5, 5.41) is 8.64. The molecule has 0 aliphatic carbocycles. The van der Waals surface area contributed by atoms with Crippen LogP contribution in [0.1, 0.15) is 5.56 Å². The van der Waals surface area contributed by atoms with E-state index in [2.05, 4.69) is 4.74 Å². The lowest BCUT2D eigenvalue weighted by Crippen LogP contribution is -2.32. The molecule has 0 spiro atoms. The van der Waals surface area contributed by atoms with Gasteiger partial charge in [-0.1, -0.05) is 6.07 Å². The fourth-order valence-electron chi connectivity index (χ4n) is 1.39. The lowest BCUT2D eigenvalue weighted by molar-refractivity contribution is -0.275. The Kier molecular flexibility index (Phi) is 4.60. The predicted octanol–water partition coefficient (Wildman–Crippen LogP) is 1.55. The van der Waals surface area contributed by atoms with Crippen LogP contribution in [0.2, 0.25) is 0 Å². The highest BCUT2D eigenvalue weighted by molar-refractivity contribution is 5.73. The van der Waals surface area contributed by atoms with Crippen molar-refractivity contribution in [2.75, 3.05) is 7.11 Å². The number of hydrogen-bond acceptors (Lipinski definition) is 4. The maximum atomic E-state index is 12.2. The van der Waals surface area contributed by atoms with Crippen molar-refractivity contribution in [3.8, 4) is 11.5 Å². The predicted molar refractivity (Wildman–Crippen MR) is 59.0 cm³/mol. The molecule has 1 unspecified atom stereocenters. The van der Waals surface area contributed by atoms with E-state index < -0.39 is 24.1 Å². The van der Waals surface area contributed by atoms with Crippen LogP contribution in [0.4, 0.5) is 13.2 Å². The van der Waals surface area contributed by atoms with Gasteiger partial charge in [0.05, 0.1) is 7.11 Å². The molecule has 1 aromatic carbocycles. The van der Waals surface area contributed by atoms with Crippen LogP contribution in [-0.2, 0) is 11.2 Å². The summed E-state index contributed by atoms with van der Waals surface area (Å²) in [4.78, 5) is 10.6. The molecule has 0 heterocycles. The minimum Gasteiger partial charge on any atom is -0.493 e. The van der Waals surface area contributed by atoms with Crippen molar-refractivity contribution in [1.29, 1.82) is 0 Å². The average Bonchev–Trinajstić information content (AvgIpc) is 2.27. The molecule has 0 fully saturated rings. The highest BCUT2D eigenvalue weighted by Gasteiger charge is 2.32. The molecule has 3 N–H and O–H groups in total. The molecular weight excluding hydrogens is 267 g/mol. The number of hydrogen-bond donors (Lipinski definition) is 2. The van der Waals surface area contributed by atoms with Gasteiger partial charge < -0.3 is 20.3 Å². The third-order valence-corrected chi connectivity index (χ3v) is 2.23. The molecule has 1 rings (SSSR count). The average molecular weight is 279 g/mol. The van der Waals surface area contributed by atoms with Crippen LogP contribution in [0.25, 0.3) is 0 Å². The van der Waals surface area contributed by atoms with E-state index in [0.717, 1.165) is 6.07 Å². The zero-order chi connectivity index (χ0) is 14.6. The van der Waals surface area contributed by atoms with E-state index in [0.29, 0.717) is 5.56 Å². The highest BCUT2D eigenvalue weighted by Crippen LogP contribution is 2.33. The third kappa shape index (κ3) is 4.66. The molecule has 0 radical (unpaired) electrons. The van der Waals surface area contributed by atoms with Crippen molar-refractivity contribution in [2.24, 2.45) is 5.73 Å². The van der Waals surface area contributed by atoms with Gasteiger partial charge in [-0.25, -0.2) is 0 Å². The second kappa shape index (κ2) is 5.79. The first-order chi connectivity index (χ1) is 8.73. The maximum Gasteiger partial charge on any atom is 0.573 e. The summed E-state index contributed by atoms with van der Waals surface area (Å²) in [5.41, 5.74) is 5.60. The van der Waals surface area contributed by atoms with Gasteiger partial charge >= 0.3 is 12.3 Å². The van der Waals surface area contributed by atoms with Gasteiger partial charge in [-0.05, 0) is 24.1 Å².